The fourth-order valence-corrected chi connectivity index (χ4v) is 2.54. The Kier molecular flexibility index (Phi) is 3.52. The average molecular weight is 271 g/mol. The number of benzene rings is 1. The van der Waals surface area contributed by atoms with Gasteiger partial charge in [-0.15, -0.1) is 0 Å². The van der Waals surface area contributed by atoms with E-state index >= 15 is 0 Å². The molecule has 0 unspecified atom stereocenters. The number of carbonyl (C=O) groups is 1. The lowest BCUT2D eigenvalue weighted by molar-refractivity contribution is 0.0601. The van der Waals surface area contributed by atoms with E-state index in [0.717, 1.165) is 42.8 Å². The Hall–Kier alpha value is -2.14. The number of carbonyl (C=O) groups excluding carboxylic acids is 1. The van der Waals surface area contributed by atoms with E-state index in [1.54, 1.807) is 12.3 Å². The Bertz CT molecular complexity index is 636. The van der Waals surface area contributed by atoms with Crippen molar-refractivity contribution in [3.8, 4) is 0 Å². The maximum atomic E-state index is 11.6. The normalized spacial score (nSPS) is 15.3. The number of hydrogen-bond acceptors (Lipinski definition) is 5. The fourth-order valence-electron chi connectivity index (χ4n) is 2.54. The molecule has 1 aliphatic heterocycles. The zero-order chi connectivity index (χ0) is 13.9. The van der Waals surface area contributed by atoms with Crippen molar-refractivity contribution in [1.29, 1.82) is 0 Å². The Balaban J connectivity index is 2.03. The van der Waals surface area contributed by atoms with Crippen molar-refractivity contribution in [3.63, 3.8) is 0 Å². The van der Waals surface area contributed by atoms with Gasteiger partial charge >= 0.3 is 5.97 Å². The number of esters is 1. The molecule has 2 aromatic rings. The predicted octanol–water partition coefficient (Wildman–Crippen LogP) is 1.43. The van der Waals surface area contributed by atoms with Crippen LogP contribution in [0.1, 0.15) is 10.4 Å². The number of hydrogen-bond donors (Lipinski definition) is 1. The van der Waals surface area contributed by atoms with Crippen molar-refractivity contribution >= 4 is 22.6 Å². The molecular formula is C15H17N3O2. The molecule has 1 fully saturated rings. The van der Waals surface area contributed by atoms with Gasteiger partial charge in [-0.05, 0) is 29.7 Å². The molecule has 0 radical (unpaired) electrons. The zero-order valence-corrected chi connectivity index (χ0v) is 11.4. The molecule has 0 bridgehead atoms. The van der Waals surface area contributed by atoms with Crippen molar-refractivity contribution in [3.05, 3.63) is 36.0 Å². The number of aromatic nitrogens is 1. The molecule has 1 aromatic heterocycles. The highest BCUT2D eigenvalue weighted by Crippen LogP contribution is 2.25. The maximum Gasteiger partial charge on any atom is 0.337 e. The largest absolute Gasteiger partial charge is 0.465 e. The first-order chi connectivity index (χ1) is 9.79. The standard InChI is InChI=1S/C15H17N3O2/c1-20-15(19)12-2-3-13-11(10-12)4-5-17-14(13)18-8-6-16-7-9-18/h2-5,10,16H,6-9H2,1H3. The first-order valence-electron chi connectivity index (χ1n) is 6.72. The van der Waals surface area contributed by atoms with Crippen LogP contribution in [-0.2, 0) is 4.74 Å². The predicted molar refractivity (Wildman–Crippen MR) is 78.2 cm³/mol. The van der Waals surface area contributed by atoms with Crippen LogP contribution in [0, 0.1) is 0 Å². The fraction of sp³-hybridized carbons (Fsp3) is 0.333. The van der Waals surface area contributed by atoms with Crippen molar-refractivity contribution < 1.29 is 9.53 Å². The molecule has 3 rings (SSSR count). The monoisotopic (exact) mass is 271 g/mol. The summed E-state index contributed by atoms with van der Waals surface area (Å²) in [4.78, 5) is 18.4. The number of piperazine rings is 1. The van der Waals surface area contributed by atoms with Crippen LogP contribution in [0.15, 0.2) is 30.5 Å². The number of rotatable bonds is 2. The van der Waals surface area contributed by atoms with Crippen molar-refractivity contribution in [2.24, 2.45) is 0 Å². The smallest absolute Gasteiger partial charge is 0.337 e. The summed E-state index contributed by atoms with van der Waals surface area (Å²) in [6.07, 6.45) is 1.79. The summed E-state index contributed by atoms with van der Waals surface area (Å²) in [5, 5.41) is 5.42. The van der Waals surface area contributed by atoms with Gasteiger partial charge in [0, 0.05) is 37.8 Å². The molecule has 0 saturated carbocycles. The third-order valence-electron chi connectivity index (χ3n) is 3.58. The minimum atomic E-state index is -0.313. The molecule has 1 N–H and O–H groups in total. The summed E-state index contributed by atoms with van der Waals surface area (Å²) in [6.45, 7) is 3.84. The third kappa shape index (κ3) is 2.32. The van der Waals surface area contributed by atoms with Gasteiger partial charge in [0.05, 0.1) is 12.7 Å². The van der Waals surface area contributed by atoms with Crippen LogP contribution in [0.25, 0.3) is 10.8 Å². The first-order valence-corrected chi connectivity index (χ1v) is 6.72. The molecule has 1 aromatic carbocycles. The molecule has 0 amide bonds. The summed E-state index contributed by atoms with van der Waals surface area (Å²) < 4.78 is 4.76. The van der Waals surface area contributed by atoms with Crippen LogP contribution in [-0.4, -0.2) is 44.2 Å². The molecule has 5 nitrogen and oxygen atoms in total. The van der Waals surface area contributed by atoms with Crippen molar-refractivity contribution in [2.75, 3.05) is 38.2 Å². The van der Waals surface area contributed by atoms with Gasteiger partial charge in [-0.1, -0.05) is 0 Å². The van der Waals surface area contributed by atoms with E-state index in [0.29, 0.717) is 5.56 Å². The van der Waals surface area contributed by atoms with Gasteiger partial charge < -0.3 is 15.0 Å². The highest BCUT2D eigenvalue weighted by Gasteiger charge is 2.15. The second kappa shape index (κ2) is 5.46. The Morgan fingerprint density at radius 3 is 2.85 bits per heavy atom. The summed E-state index contributed by atoms with van der Waals surface area (Å²) in [7, 11) is 1.39. The van der Waals surface area contributed by atoms with E-state index in [4.69, 9.17) is 4.74 Å². The molecule has 0 atom stereocenters. The van der Waals surface area contributed by atoms with Crippen molar-refractivity contribution in [2.45, 2.75) is 0 Å². The van der Waals surface area contributed by atoms with Crippen LogP contribution in [0.3, 0.4) is 0 Å². The van der Waals surface area contributed by atoms with E-state index in [2.05, 4.69) is 15.2 Å². The number of pyridine rings is 1. The van der Waals surface area contributed by atoms with Gasteiger partial charge in [-0.3, -0.25) is 0 Å². The van der Waals surface area contributed by atoms with Gasteiger partial charge in [0.1, 0.15) is 5.82 Å². The van der Waals surface area contributed by atoms with Crippen LogP contribution >= 0.6 is 0 Å². The summed E-state index contributed by atoms with van der Waals surface area (Å²) in [5.74, 6) is 0.674. The molecule has 1 saturated heterocycles. The number of methoxy groups -OCH3 is 1. The quantitative estimate of drug-likeness (QED) is 0.837. The van der Waals surface area contributed by atoms with Gasteiger partial charge in [0.25, 0.3) is 0 Å². The number of anilines is 1. The highest BCUT2D eigenvalue weighted by molar-refractivity contribution is 5.98. The minimum absolute atomic E-state index is 0.313. The molecule has 2 heterocycles. The summed E-state index contributed by atoms with van der Waals surface area (Å²) in [6, 6.07) is 7.52. The van der Waals surface area contributed by atoms with E-state index in [9.17, 15) is 4.79 Å². The lowest BCUT2D eigenvalue weighted by Crippen LogP contribution is -2.43. The van der Waals surface area contributed by atoms with Crippen LogP contribution in [0.4, 0.5) is 5.82 Å². The zero-order valence-electron chi connectivity index (χ0n) is 11.4. The second-order valence-electron chi connectivity index (χ2n) is 4.80. The van der Waals surface area contributed by atoms with Gasteiger partial charge in [0.2, 0.25) is 0 Å². The molecule has 20 heavy (non-hydrogen) atoms. The Morgan fingerprint density at radius 1 is 1.30 bits per heavy atom. The first kappa shape index (κ1) is 12.9. The van der Waals surface area contributed by atoms with E-state index in [-0.39, 0.29) is 5.97 Å². The number of nitrogens with one attached hydrogen (secondary N) is 1. The van der Waals surface area contributed by atoms with E-state index < -0.39 is 0 Å². The summed E-state index contributed by atoms with van der Waals surface area (Å²) >= 11 is 0. The van der Waals surface area contributed by atoms with Gasteiger partial charge in [-0.2, -0.15) is 0 Å². The van der Waals surface area contributed by atoms with E-state index in [1.165, 1.54) is 7.11 Å². The number of nitrogens with zero attached hydrogens (tertiary/aromatic N) is 2. The van der Waals surface area contributed by atoms with E-state index in [1.807, 2.05) is 18.2 Å². The van der Waals surface area contributed by atoms with Crippen LogP contribution in [0.5, 0.6) is 0 Å². The maximum absolute atomic E-state index is 11.6. The molecular weight excluding hydrogens is 254 g/mol. The molecule has 104 valence electrons. The topological polar surface area (TPSA) is 54.5 Å². The molecule has 1 aliphatic rings. The molecule has 5 heteroatoms. The average Bonchev–Trinajstić information content (AvgIpc) is 2.53. The Morgan fingerprint density at radius 2 is 2.10 bits per heavy atom. The van der Waals surface area contributed by atoms with Gasteiger partial charge in [0.15, 0.2) is 0 Å². The number of fused-ring (bicyclic) bond motifs is 1. The second-order valence-corrected chi connectivity index (χ2v) is 4.80. The highest BCUT2D eigenvalue weighted by atomic mass is 16.5. The van der Waals surface area contributed by atoms with Gasteiger partial charge in [-0.25, -0.2) is 9.78 Å². The van der Waals surface area contributed by atoms with Crippen LogP contribution < -0.4 is 10.2 Å². The summed E-state index contributed by atoms with van der Waals surface area (Å²) in [5.41, 5.74) is 0.567. The van der Waals surface area contributed by atoms with Crippen molar-refractivity contribution in [1.82, 2.24) is 10.3 Å². The third-order valence-corrected chi connectivity index (χ3v) is 3.58. The lowest BCUT2D eigenvalue weighted by atomic mass is 10.1. The number of ether oxygens (including phenoxy) is 1. The molecule has 0 aliphatic carbocycles. The minimum Gasteiger partial charge on any atom is -0.465 e. The molecule has 0 spiro atoms. The lowest BCUT2D eigenvalue weighted by Gasteiger charge is -2.29. The SMILES string of the molecule is COC(=O)c1ccc2c(N3CCNCC3)nccc2c1. The van der Waals surface area contributed by atoms with Crippen LogP contribution in [0.2, 0.25) is 0 Å². The Labute approximate surface area is 117 Å².